The van der Waals surface area contributed by atoms with Gasteiger partial charge in [0.05, 0.1) is 11.3 Å². The first-order valence-corrected chi connectivity index (χ1v) is 10.5. The van der Waals surface area contributed by atoms with E-state index in [0.717, 1.165) is 10.4 Å². The Kier molecular flexibility index (Phi) is 5.56. The van der Waals surface area contributed by atoms with E-state index < -0.39 is 28.0 Å². The molecule has 0 aliphatic carbocycles. The quantitative estimate of drug-likeness (QED) is 0.673. The Labute approximate surface area is 174 Å². The highest BCUT2D eigenvalue weighted by molar-refractivity contribution is 8.22. The third-order valence-electron chi connectivity index (χ3n) is 4.89. The Bertz CT molecular complexity index is 1110. The number of aryl methyl sites for hydroxylation is 1. The fraction of sp³-hybridized carbons (Fsp3) is 0.250. The second-order valence-electron chi connectivity index (χ2n) is 7.25. The van der Waals surface area contributed by atoms with Gasteiger partial charge in [-0.3, -0.25) is 14.1 Å². The third kappa shape index (κ3) is 4.00. The summed E-state index contributed by atoms with van der Waals surface area (Å²) >= 11 is 0. The van der Waals surface area contributed by atoms with Gasteiger partial charge in [-0.2, -0.15) is 5.26 Å². The van der Waals surface area contributed by atoms with Crippen LogP contribution in [0, 0.1) is 24.1 Å². The van der Waals surface area contributed by atoms with Gasteiger partial charge < -0.3 is 5.73 Å². The van der Waals surface area contributed by atoms with Crippen molar-refractivity contribution < 1.29 is 17.9 Å². The number of hydrogen-bond donors (Lipinski definition) is 3. The predicted octanol–water partition coefficient (Wildman–Crippen LogP) is 4.01. The maximum atomic E-state index is 14.8. The smallest absolute Gasteiger partial charge is 0.210 e. The molecule has 0 fully saturated rings. The van der Waals surface area contributed by atoms with Gasteiger partial charge in [-0.1, -0.05) is 6.07 Å². The van der Waals surface area contributed by atoms with Crippen LogP contribution < -0.4 is 5.73 Å². The van der Waals surface area contributed by atoms with Crippen LogP contribution in [0.5, 0.6) is 0 Å². The number of aromatic nitrogens is 1. The summed E-state index contributed by atoms with van der Waals surface area (Å²) in [5.74, 6) is -1.68. The third-order valence-corrected chi connectivity index (χ3v) is 6.91. The number of rotatable bonds is 3. The monoisotopic (exact) mass is 433 g/mol. The van der Waals surface area contributed by atoms with Gasteiger partial charge in [-0.05, 0) is 49.2 Å². The molecule has 158 valence electrons. The SMILES string of the molecule is Cc1cc(C#N)cnc1/C(F)=C/c1ccc(F)c([C@]2(C)CS(O)(O)N(C)C(N)=N2)c1. The van der Waals surface area contributed by atoms with Gasteiger partial charge in [0, 0.05) is 18.8 Å². The average Bonchev–Trinajstić information content (AvgIpc) is 2.66. The van der Waals surface area contributed by atoms with Crippen LogP contribution in [0.2, 0.25) is 0 Å². The summed E-state index contributed by atoms with van der Waals surface area (Å²) in [5.41, 5.74) is 5.72. The van der Waals surface area contributed by atoms with Crippen LogP contribution >= 0.6 is 10.8 Å². The van der Waals surface area contributed by atoms with Crippen LogP contribution in [-0.2, 0) is 5.54 Å². The van der Waals surface area contributed by atoms with Crippen molar-refractivity contribution in [2.75, 3.05) is 12.8 Å². The van der Waals surface area contributed by atoms with E-state index in [0.29, 0.717) is 16.7 Å². The number of benzene rings is 1. The van der Waals surface area contributed by atoms with Gasteiger partial charge in [0.25, 0.3) is 0 Å². The molecule has 0 saturated heterocycles. The number of nitrogens with zero attached hydrogens (tertiary/aromatic N) is 4. The molecule has 0 radical (unpaired) electrons. The number of nitriles is 1. The number of guanidine groups is 1. The lowest BCUT2D eigenvalue weighted by atomic mass is 9.92. The summed E-state index contributed by atoms with van der Waals surface area (Å²) in [4.78, 5) is 8.24. The highest BCUT2D eigenvalue weighted by Gasteiger charge is 2.41. The zero-order valence-corrected chi connectivity index (χ0v) is 17.4. The normalized spacial score (nSPS) is 22.3. The molecule has 1 aliphatic rings. The van der Waals surface area contributed by atoms with E-state index >= 15 is 0 Å². The summed E-state index contributed by atoms with van der Waals surface area (Å²) < 4.78 is 51.2. The molecule has 4 N–H and O–H groups in total. The Balaban J connectivity index is 2.04. The highest BCUT2D eigenvalue weighted by atomic mass is 32.3. The molecule has 3 rings (SSSR count). The largest absolute Gasteiger partial charge is 0.369 e. The molecular weight excluding hydrogens is 412 g/mol. The van der Waals surface area contributed by atoms with Crippen LogP contribution in [-0.4, -0.2) is 37.2 Å². The second-order valence-corrected chi connectivity index (χ2v) is 9.35. The number of aliphatic imine (C=N–C) groups is 1. The molecule has 2 aromatic rings. The first kappa shape index (κ1) is 21.7. The standard InChI is InChI=1S/C20H21F2N5O2S/c1-12-6-14(9-23)10-25-18(12)17(22)8-13-4-5-16(21)15(7-13)20(2)11-30(28,29)27(3)19(24)26-20/h4-8,10,28-29H,11H2,1-3H3,(H2,24,26)/b17-8-/t20-/m0/s1. The number of pyridine rings is 1. The minimum absolute atomic E-state index is 0.0598. The fourth-order valence-electron chi connectivity index (χ4n) is 3.26. The lowest BCUT2D eigenvalue weighted by molar-refractivity contribution is 0.391. The molecule has 10 heteroatoms. The Hall–Kier alpha value is -3.00. The average molecular weight is 433 g/mol. The summed E-state index contributed by atoms with van der Waals surface area (Å²) in [6.07, 6.45) is 2.46. The molecule has 0 saturated carbocycles. The highest BCUT2D eigenvalue weighted by Crippen LogP contribution is 2.51. The van der Waals surface area contributed by atoms with E-state index in [9.17, 15) is 17.9 Å². The number of nitrogens with two attached hydrogens (primary N) is 1. The van der Waals surface area contributed by atoms with Crippen molar-refractivity contribution >= 4 is 28.6 Å². The second kappa shape index (κ2) is 7.68. The molecule has 1 atom stereocenters. The molecule has 2 heterocycles. The minimum Gasteiger partial charge on any atom is -0.369 e. The molecule has 0 unspecified atom stereocenters. The lowest BCUT2D eigenvalue weighted by Gasteiger charge is -2.49. The molecule has 7 nitrogen and oxygen atoms in total. The zero-order valence-electron chi connectivity index (χ0n) is 16.6. The Morgan fingerprint density at radius 2 is 2.10 bits per heavy atom. The Morgan fingerprint density at radius 3 is 2.70 bits per heavy atom. The molecule has 30 heavy (non-hydrogen) atoms. The topological polar surface area (TPSA) is 119 Å². The van der Waals surface area contributed by atoms with Crippen LogP contribution in [0.3, 0.4) is 0 Å². The van der Waals surface area contributed by atoms with E-state index in [1.54, 1.807) is 6.92 Å². The fourth-order valence-corrected chi connectivity index (χ4v) is 4.77. The summed E-state index contributed by atoms with van der Waals surface area (Å²) in [7, 11) is -1.89. The van der Waals surface area contributed by atoms with Crippen molar-refractivity contribution in [3.63, 3.8) is 0 Å². The van der Waals surface area contributed by atoms with Crippen molar-refractivity contribution in [3.8, 4) is 6.07 Å². The predicted molar refractivity (Wildman–Crippen MR) is 114 cm³/mol. The zero-order chi connectivity index (χ0) is 22.3. The van der Waals surface area contributed by atoms with E-state index in [4.69, 9.17) is 11.0 Å². The summed E-state index contributed by atoms with van der Waals surface area (Å²) in [6, 6.07) is 7.41. The van der Waals surface area contributed by atoms with Crippen molar-refractivity contribution in [2.45, 2.75) is 19.4 Å². The van der Waals surface area contributed by atoms with Gasteiger partial charge in [0.1, 0.15) is 28.9 Å². The number of hydrogen-bond acceptors (Lipinski definition) is 7. The molecule has 0 amide bonds. The maximum absolute atomic E-state index is 14.8. The molecule has 1 aromatic heterocycles. The summed E-state index contributed by atoms with van der Waals surface area (Å²) in [6.45, 7) is 3.17. The maximum Gasteiger partial charge on any atom is 0.210 e. The van der Waals surface area contributed by atoms with Crippen molar-refractivity contribution in [3.05, 3.63) is 64.2 Å². The molecule has 1 aromatic carbocycles. The minimum atomic E-state index is -3.29. The van der Waals surface area contributed by atoms with Crippen LogP contribution in [0.15, 0.2) is 35.5 Å². The van der Waals surface area contributed by atoms with E-state index in [1.165, 1.54) is 44.4 Å². The van der Waals surface area contributed by atoms with Crippen LogP contribution in [0.1, 0.15) is 34.9 Å². The van der Waals surface area contributed by atoms with Crippen LogP contribution in [0.25, 0.3) is 11.9 Å². The molecule has 0 bridgehead atoms. The number of halogens is 2. The first-order valence-electron chi connectivity index (χ1n) is 8.86. The van der Waals surface area contributed by atoms with E-state index in [-0.39, 0.29) is 23.0 Å². The van der Waals surface area contributed by atoms with Gasteiger partial charge >= 0.3 is 0 Å². The van der Waals surface area contributed by atoms with Crippen molar-refractivity contribution in [1.29, 1.82) is 5.26 Å². The van der Waals surface area contributed by atoms with Gasteiger partial charge in [0.15, 0.2) is 0 Å². The molecule has 1 aliphatic heterocycles. The van der Waals surface area contributed by atoms with Crippen molar-refractivity contribution in [1.82, 2.24) is 9.29 Å². The molecular formula is C20H21F2N5O2S. The van der Waals surface area contributed by atoms with Crippen LogP contribution in [0.4, 0.5) is 8.78 Å². The van der Waals surface area contributed by atoms with E-state index in [2.05, 4.69) is 9.98 Å². The lowest BCUT2D eigenvalue weighted by Crippen LogP contribution is -2.47. The molecule has 0 spiro atoms. The van der Waals surface area contributed by atoms with E-state index in [1.807, 2.05) is 6.07 Å². The van der Waals surface area contributed by atoms with Gasteiger partial charge in [-0.15, -0.1) is 10.8 Å². The first-order chi connectivity index (χ1) is 14.0. The van der Waals surface area contributed by atoms with Gasteiger partial charge in [0.2, 0.25) is 5.96 Å². The van der Waals surface area contributed by atoms with Crippen molar-refractivity contribution in [2.24, 2.45) is 10.7 Å². The summed E-state index contributed by atoms with van der Waals surface area (Å²) in [5, 5.41) is 8.91. The Morgan fingerprint density at radius 1 is 1.40 bits per heavy atom. The van der Waals surface area contributed by atoms with Gasteiger partial charge in [-0.25, -0.2) is 18.1 Å².